The van der Waals surface area contributed by atoms with Crippen molar-refractivity contribution < 1.29 is 4.74 Å². The third-order valence-electron chi connectivity index (χ3n) is 2.59. The third-order valence-corrected chi connectivity index (χ3v) is 2.59. The Morgan fingerprint density at radius 2 is 1.81 bits per heavy atom. The van der Waals surface area contributed by atoms with Crippen LogP contribution in [0.1, 0.15) is 5.56 Å². The lowest BCUT2D eigenvalue weighted by atomic mass is 10.2. The Labute approximate surface area is 122 Å². The molecule has 0 spiro atoms. The van der Waals surface area contributed by atoms with Crippen LogP contribution in [-0.2, 0) is 6.61 Å². The molecule has 21 heavy (non-hydrogen) atoms. The van der Waals surface area contributed by atoms with Crippen LogP contribution < -0.4 is 10.2 Å². The maximum atomic E-state index is 8.60. The standard InChI is InChI=1S/C16H12N4O/c17-10-15(11-18)20-19-14-7-4-8-16(9-14)21-12-13-5-2-1-3-6-13/h1-9,19H,12H2. The van der Waals surface area contributed by atoms with E-state index in [4.69, 9.17) is 15.3 Å². The number of hydrogen-bond acceptors (Lipinski definition) is 5. The smallest absolute Gasteiger partial charge is 0.237 e. The number of hydrogen-bond donors (Lipinski definition) is 1. The summed E-state index contributed by atoms with van der Waals surface area (Å²) in [5, 5.41) is 20.9. The summed E-state index contributed by atoms with van der Waals surface area (Å²) in [6.45, 7) is 0.467. The molecule has 0 amide bonds. The van der Waals surface area contributed by atoms with E-state index in [-0.39, 0.29) is 5.71 Å². The summed E-state index contributed by atoms with van der Waals surface area (Å²) in [6.07, 6.45) is 0. The highest BCUT2D eigenvalue weighted by Crippen LogP contribution is 2.18. The summed E-state index contributed by atoms with van der Waals surface area (Å²) in [6, 6.07) is 20.3. The highest BCUT2D eigenvalue weighted by Gasteiger charge is 1.98. The SMILES string of the molecule is N#CC(C#N)=NNc1cccc(OCc2ccccc2)c1. The van der Waals surface area contributed by atoms with Gasteiger partial charge >= 0.3 is 0 Å². The van der Waals surface area contributed by atoms with Gasteiger partial charge in [0.25, 0.3) is 0 Å². The van der Waals surface area contributed by atoms with Crippen LogP contribution in [0.4, 0.5) is 5.69 Å². The van der Waals surface area contributed by atoms with Gasteiger partial charge in [0.2, 0.25) is 5.71 Å². The van der Waals surface area contributed by atoms with Crippen molar-refractivity contribution in [2.45, 2.75) is 6.61 Å². The monoisotopic (exact) mass is 276 g/mol. The molecule has 1 N–H and O–H groups in total. The molecule has 0 unspecified atom stereocenters. The van der Waals surface area contributed by atoms with Gasteiger partial charge in [-0.15, -0.1) is 0 Å². The molecule has 0 radical (unpaired) electrons. The van der Waals surface area contributed by atoms with Gasteiger partial charge < -0.3 is 4.74 Å². The first-order valence-electron chi connectivity index (χ1n) is 6.22. The molecule has 0 bridgehead atoms. The van der Waals surface area contributed by atoms with Crippen LogP contribution >= 0.6 is 0 Å². The second-order valence-electron chi connectivity index (χ2n) is 4.10. The van der Waals surface area contributed by atoms with Gasteiger partial charge in [0.1, 0.15) is 24.5 Å². The van der Waals surface area contributed by atoms with Crippen molar-refractivity contribution in [2.75, 3.05) is 5.43 Å². The van der Waals surface area contributed by atoms with Crippen molar-refractivity contribution in [1.82, 2.24) is 0 Å². The van der Waals surface area contributed by atoms with Gasteiger partial charge in [0, 0.05) is 6.07 Å². The topological polar surface area (TPSA) is 81.2 Å². The number of benzene rings is 2. The Kier molecular flexibility index (Phi) is 4.92. The quantitative estimate of drug-likeness (QED) is 0.672. The average Bonchev–Trinajstić information content (AvgIpc) is 2.55. The average molecular weight is 276 g/mol. The summed E-state index contributed by atoms with van der Waals surface area (Å²) in [4.78, 5) is 0. The zero-order valence-electron chi connectivity index (χ0n) is 11.2. The second kappa shape index (κ2) is 7.32. The number of nitrogens with zero attached hydrogens (tertiary/aromatic N) is 3. The first-order valence-corrected chi connectivity index (χ1v) is 6.22. The fourth-order valence-corrected chi connectivity index (χ4v) is 1.59. The minimum Gasteiger partial charge on any atom is -0.489 e. The summed E-state index contributed by atoms with van der Waals surface area (Å²) < 4.78 is 5.67. The Morgan fingerprint density at radius 3 is 2.52 bits per heavy atom. The van der Waals surface area contributed by atoms with Crippen molar-refractivity contribution in [3.63, 3.8) is 0 Å². The van der Waals surface area contributed by atoms with Gasteiger partial charge in [-0.25, -0.2) is 0 Å². The Balaban J connectivity index is 2.00. The molecule has 5 nitrogen and oxygen atoms in total. The van der Waals surface area contributed by atoms with Crippen LogP contribution in [0.3, 0.4) is 0 Å². The van der Waals surface area contributed by atoms with Crippen LogP contribution in [0.25, 0.3) is 0 Å². The number of anilines is 1. The number of nitrogens with one attached hydrogen (secondary N) is 1. The molecule has 2 aromatic carbocycles. The van der Waals surface area contributed by atoms with Crippen LogP contribution in [-0.4, -0.2) is 5.71 Å². The molecule has 0 saturated carbocycles. The maximum Gasteiger partial charge on any atom is 0.237 e. The number of ether oxygens (including phenoxy) is 1. The first kappa shape index (κ1) is 14.1. The molecule has 0 fully saturated rings. The van der Waals surface area contributed by atoms with Crippen molar-refractivity contribution in [1.29, 1.82) is 10.5 Å². The number of hydrazone groups is 1. The predicted octanol–water partition coefficient (Wildman–Crippen LogP) is 3.08. The molecule has 0 aliphatic carbocycles. The minimum absolute atomic E-state index is 0.231. The molecule has 0 saturated heterocycles. The highest BCUT2D eigenvalue weighted by atomic mass is 16.5. The van der Waals surface area contributed by atoms with Crippen molar-refractivity contribution >= 4 is 11.4 Å². The summed E-state index contributed by atoms with van der Waals surface area (Å²) >= 11 is 0. The number of nitriles is 2. The van der Waals surface area contributed by atoms with Gasteiger partial charge in [-0.1, -0.05) is 36.4 Å². The maximum absolute atomic E-state index is 8.60. The highest BCUT2D eigenvalue weighted by molar-refractivity contribution is 6.10. The summed E-state index contributed by atoms with van der Waals surface area (Å²) in [5.41, 5.74) is 4.13. The second-order valence-corrected chi connectivity index (χ2v) is 4.10. The normalized spacial score (nSPS) is 9.05. The van der Waals surface area contributed by atoms with Gasteiger partial charge in [-0.2, -0.15) is 15.6 Å². The Hall–Kier alpha value is -3.31. The molecule has 5 heteroatoms. The summed E-state index contributed by atoms with van der Waals surface area (Å²) in [5.74, 6) is 0.675. The molecule has 0 aliphatic heterocycles. The summed E-state index contributed by atoms with van der Waals surface area (Å²) in [7, 11) is 0. The zero-order chi connectivity index (χ0) is 14.9. The van der Waals surface area contributed by atoms with Crippen molar-refractivity contribution in [3.05, 3.63) is 60.2 Å². The Bertz CT molecular complexity index is 695. The molecule has 2 rings (SSSR count). The van der Waals surface area contributed by atoms with Crippen LogP contribution in [0, 0.1) is 22.7 Å². The van der Waals surface area contributed by atoms with Gasteiger partial charge in [-0.3, -0.25) is 5.43 Å². The molecule has 0 heterocycles. The molecule has 0 atom stereocenters. The van der Waals surface area contributed by atoms with Crippen LogP contribution in [0.5, 0.6) is 5.75 Å². The van der Waals surface area contributed by atoms with E-state index in [1.165, 1.54) is 0 Å². The lowest BCUT2D eigenvalue weighted by Crippen LogP contribution is -1.98. The zero-order valence-corrected chi connectivity index (χ0v) is 11.2. The number of rotatable bonds is 5. The van der Waals surface area contributed by atoms with E-state index in [1.54, 1.807) is 30.3 Å². The minimum atomic E-state index is -0.231. The predicted molar refractivity (Wildman–Crippen MR) is 79.5 cm³/mol. The Morgan fingerprint density at radius 1 is 1.05 bits per heavy atom. The van der Waals surface area contributed by atoms with E-state index in [2.05, 4.69) is 10.5 Å². The fraction of sp³-hybridized carbons (Fsp3) is 0.0625. The van der Waals surface area contributed by atoms with Gasteiger partial charge in [-0.05, 0) is 17.7 Å². The van der Waals surface area contributed by atoms with E-state index in [0.717, 1.165) is 5.56 Å². The lowest BCUT2D eigenvalue weighted by molar-refractivity contribution is 0.306. The molecule has 0 aromatic heterocycles. The fourth-order valence-electron chi connectivity index (χ4n) is 1.59. The molecular weight excluding hydrogens is 264 g/mol. The van der Waals surface area contributed by atoms with Gasteiger partial charge in [0.15, 0.2) is 0 Å². The van der Waals surface area contributed by atoms with Gasteiger partial charge in [0.05, 0.1) is 5.69 Å². The molecular formula is C16H12N4O. The van der Waals surface area contributed by atoms with E-state index in [1.807, 2.05) is 36.4 Å². The molecule has 102 valence electrons. The molecule has 2 aromatic rings. The first-order chi connectivity index (χ1) is 10.3. The van der Waals surface area contributed by atoms with E-state index in [9.17, 15) is 0 Å². The van der Waals surface area contributed by atoms with Crippen molar-refractivity contribution in [2.24, 2.45) is 5.10 Å². The molecule has 0 aliphatic rings. The van der Waals surface area contributed by atoms with E-state index < -0.39 is 0 Å². The van der Waals surface area contributed by atoms with Crippen LogP contribution in [0.15, 0.2) is 59.7 Å². The lowest BCUT2D eigenvalue weighted by Gasteiger charge is -2.07. The largest absolute Gasteiger partial charge is 0.489 e. The van der Waals surface area contributed by atoms with Crippen molar-refractivity contribution in [3.8, 4) is 17.9 Å². The van der Waals surface area contributed by atoms with E-state index in [0.29, 0.717) is 18.0 Å². The van der Waals surface area contributed by atoms with E-state index >= 15 is 0 Å². The third kappa shape index (κ3) is 4.38. The van der Waals surface area contributed by atoms with Crippen LogP contribution in [0.2, 0.25) is 0 Å².